The molecule has 0 spiro atoms. The number of carbonyl (C=O) groups is 2. The van der Waals surface area contributed by atoms with Gasteiger partial charge in [0.05, 0.1) is 12.1 Å². The molecule has 1 rings (SSSR count). The molecule has 0 bridgehead atoms. The quantitative estimate of drug-likeness (QED) is 0.783. The predicted octanol–water partition coefficient (Wildman–Crippen LogP) is 1.00. The number of nitriles is 1. The van der Waals surface area contributed by atoms with Gasteiger partial charge in [-0.2, -0.15) is 5.26 Å². The molecule has 1 amide bonds. The van der Waals surface area contributed by atoms with Gasteiger partial charge in [-0.1, -0.05) is 12.1 Å². The van der Waals surface area contributed by atoms with Crippen molar-refractivity contribution in [1.29, 1.82) is 5.26 Å². The third kappa shape index (κ3) is 5.40. The molecule has 0 aliphatic carbocycles. The summed E-state index contributed by atoms with van der Waals surface area (Å²) in [6.45, 7) is 2.86. The number of nitrogens with one attached hydrogen (secondary N) is 1. The van der Waals surface area contributed by atoms with E-state index in [0.29, 0.717) is 11.3 Å². The van der Waals surface area contributed by atoms with Gasteiger partial charge in [0.15, 0.2) is 6.10 Å². The maximum Gasteiger partial charge on any atom is 0.303 e. The van der Waals surface area contributed by atoms with Crippen LogP contribution in [0.3, 0.4) is 0 Å². The van der Waals surface area contributed by atoms with Crippen LogP contribution in [0.25, 0.3) is 0 Å². The first-order chi connectivity index (χ1) is 9.52. The Bertz CT molecular complexity index is 522. The lowest BCUT2D eigenvalue weighted by Gasteiger charge is -2.18. The maximum atomic E-state index is 11.0. The standard InChI is InChI=1S/C14H16N2O4/c1-10(17)16-8-13(20-11(2)18)9-19-14-6-4-3-5-12(14)7-15/h3-6,13H,8-9H2,1-2H3,(H,16,17). The van der Waals surface area contributed by atoms with E-state index >= 15 is 0 Å². The molecule has 1 aromatic rings. The molecule has 6 heteroatoms. The van der Waals surface area contributed by atoms with Crippen molar-refractivity contribution in [3.8, 4) is 11.8 Å². The zero-order valence-electron chi connectivity index (χ0n) is 11.4. The van der Waals surface area contributed by atoms with Gasteiger partial charge in [0.1, 0.15) is 18.4 Å². The van der Waals surface area contributed by atoms with Gasteiger partial charge >= 0.3 is 5.97 Å². The van der Waals surface area contributed by atoms with E-state index in [9.17, 15) is 9.59 Å². The van der Waals surface area contributed by atoms with Crippen LogP contribution in [0.15, 0.2) is 24.3 Å². The van der Waals surface area contributed by atoms with Gasteiger partial charge in [-0.25, -0.2) is 0 Å². The Balaban J connectivity index is 2.63. The maximum absolute atomic E-state index is 11.0. The number of hydrogen-bond donors (Lipinski definition) is 1. The molecule has 0 aliphatic heterocycles. The number of nitrogens with zero attached hydrogens (tertiary/aromatic N) is 1. The highest BCUT2D eigenvalue weighted by atomic mass is 16.6. The second-order valence-corrected chi connectivity index (χ2v) is 4.09. The Morgan fingerprint density at radius 2 is 2.05 bits per heavy atom. The van der Waals surface area contributed by atoms with Gasteiger partial charge in [0.2, 0.25) is 5.91 Å². The topological polar surface area (TPSA) is 88.4 Å². The van der Waals surface area contributed by atoms with Crippen molar-refractivity contribution in [2.24, 2.45) is 0 Å². The lowest BCUT2D eigenvalue weighted by molar-refractivity contribution is -0.148. The summed E-state index contributed by atoms with van der Waals surface area (Å²) in [5.74, 6) is -0.271. The van der Waals surface area contributed by atoms with Crippen molar-refractivity contribution in [2.45, 2.75) is 20.0 Å². The van der Waals surface area contributed by atoms with Crippen molar-refractivity contribution in [2.75, 3.05) is 13.2 Å². The van der Waals surface area contributed by atoms with E-state index in [4.69, 9.17) is 14.7 Å². The Morgan fingerprint density at radius 3 is 2.65 bits per heavy atom. The van der Waals surface area contributed by atoms with Crippen LogP contribution >= 0.6 is 0 Å². The number of carbonyl (C=O) groups excluding carboxylic acids is 2. The first kappa shape index (κ1) is 15.5. The third-order valence-corrected chi connectivity index (χ3v) is 2.34. The number of esters is 1. The number of para-hydroxylation sites is 1. The molecular weight excluding hydrogens is 260 g/mol. The summed E-state index contributed by atoms with van der Waals surface area (Å²) in [6.07, 6.45) is -0.608. The highest BCUT2D eigenvalue weighted by Crippen LogP contribution is 2.16. The molecule has 1 aromatic carbocycles. The van der Waals surface area contributed by atoms with E-state index in [1.165, 1.54) is 13.8 Å². The molecule has 0 aliphatic rings. The van der Waals surface area contributed by atoms with Crippen molar-refractivity contribution in [3.05, 3.63) is 29.8 Å². The molecule has 0 aromatic heterocycles. The number of ether oxygens (including phenoxy) is 2. The SMILES string of the molecule is CC(=O)NCC(COc1ccccc1C#N)OC(C)=O. The average molecular weight is 276 g/mol. The molecule has 0 radical (unpaired) electrons. The zero-order valence-corrected chi connectivity index (χ0v) is 11.4. The van der Waals surface area contributed by atoms with E-state index in [1.807, 2.05) is 6.07 Å². The highest BCUT2D eigenvalue weighted by Gasteiger charge is 2.14. The molecule has 0 heterocycles. The van der Waals surface area contributed by atoms with E-state index in [2.05, 4.69) is 5.32 Å². The van der Waals surface area contributed by atoms with Gasteiger partial charge in [-0.15, -0.1) is 0 Å². The molecule has 106 valence electrons. The molecule has 0 fully saturated rings. The fourth-order valence-corrected chi connectivity index (χ4v) is 1.49. The highest BCUT2D eigenvalue weighted by molar-refractivity contribution is 5.73. The number of rotatable bonds is 6. The fraction of sp³-hybridized carbons (Fsp3) is 0.357. The monoisotopic (exact) mass is 276 g/mol. The van der Waals surface area contributed by atoms with E-state index < -0.39 is 12.1 Å². The van der Waals surface area contributed by atoms with Crippen molar-refractivity contribution in [1.82, 2.24) is 5.32 Å². The Kier molecular flexibility index (Phi) is 6.04. The largest absolute Gasteiger partial charge is 0.488 e. The first-order valence-electron chi connectivity index (χ1n) is 6.06. The predicted molar refractivity (Wildman–Crippen MR) is 70.9 cm³/mol. The minimum Gasteiger partial charge on any atom is -0.488 e. The van der Waals surface area contributed by atoms with Crippen LogP contribution in [0.4, 0.5) is 0 Å². The van der Waals surface area contributed by atoms with Crippen LogP contribution in [0, 0.1) is 11.3 Å². The molecule has 20 heavy (non-hydrogen) atoms. The molecule has 0 saturated heterocycles. The summed E-state index contributed by atoms with van der Waals surface area (Å²) in [5.41, 5.74) is 0.397. The van der Waals surface area contributed by atoms with Crippen LogP contribution in [0.2, 0.25) is 0 Å². The van der Waals surface area contributed by atoms with Crippen LogP contribution in [-0.2, 0) is 14.3 Å². The molecule has 1 atom stereocenters. The molecule has 6 nitrogen and oxygen atoms in total. The van der Waals surface area contributed by atoms with Gasteiger partial charge in [-0.3, -0.25) is 9.59 Å². The Labute approximate surface area is 117 Å². The summed E-state index contributed by atoms with van der Waals surface area (Å²) in [6, 6.07) is 8.76. The fourth-order valence-electron chi connectivity index (χ4n) is 1.49. The second-order valence-electron chi connectivity index (χ2n) is 4.09. The van der Waals surface area contributed by atoms with Gasteiger partial charge in [-0.05, 0) is 12.1 Å². The lowest BCUT2D eigenvalue weighted by atomic mass is 10.2. The van der Waals surface area contributed by atoms with E-state index in [-0.39, 0.29) is 19.1 Å². The number of hydrogen-bond acceptors (Lipinski definition) is 5. The summed E-state index contributed by atoms with van der Waals surface area (Å²) in [7, 11) is 0. The normalized spacial score (nSPS) is 11.1. The number of amides is 1. The van der Waals surface area contributed by atoms with Gasteiger partial charge in [0.25, 0.3) is 0 Å². The number of benzene rings is 1. The first-order valence-corrected chi connectivity index (χ1v) is 6.06. The van der Waals surface area contributed by atoms with Crippen molar-refractivity contribution in [3.63, 3.8) is 0 Å². The van der Waals surface area contributed by atoms with E-state index in [0.717, 1.165) is 0 Å². The zero-order chi connectivity index (χ0) is 15.0. The molecule has 1 N–H and O–H groups in total. The van der Waals surface area contributed by atoms with Crippen LogP contribution in [0.5, 0.6) is 5.75 Å². The minimum absolute atomic E-state index is 0.0541. The third-order valence-electron chi connectivity index (χ3n) is 2.34. The lowest BCUT2D eigenvalue weighted by Crippen LogP contribution is -2.37. The summed E-state index contributed by atoms with van der Waals surface area (Å²) >= 11 is 0. The van der Waals surface area contributed by atoms with Crippen LogP contribution in [0.1, 0.15) is 19.4 Å². The Hall–Kier alpha value is -2.55. The van der Waals surface area contributed by atoms with Crippen LogP contribution in [-0.4, -0.2) is 31.1 Å². The van der Waals surface area contributed by atoms with E-state index in [1.54, 1.807) is 24.3 Å². The summed E-state index contributed by atoms with van der Waals surface area (Å²) in [4.78, 5) is 21.9. The van der Waals surface area contributed by atoms with Crippen molar-refractivity contribution < 1.29 is 19.1 Å². The van der Waals surface area contributed by atoms with Gasteiger partial charge < -0.3 is 14.8 Å². The van der Waals surface area contributed by atoms with Gasteiger partial charge in [0, 0.05) is 13.8 Å². The van der Waals surface area contributed by atoms with Crippen LogP contribution < -0.4 is 10.1 Å². The summed E-state index contributed by atoms with van der Waals surface area (Å²) < 4.78 is 10.5. The Morgan fingerprint density at radius 1 is 1.35 bits per heavy atom. The van der Waals surface area contributed by atoms with Crippen molar-refractivity contribution >= 4 is 11.9 Å². The summed E-state index contributed by atoms with van der Waals surface area (Å²) in [5, 5.41) is 11.5. The smallest absolute Gasteiger partial charge is 0.303 e. The minimum atomic E-state index is -0.608. The molecule has 0 saturated carbocycles. The molecular formula is C14H16N2O4. The molecule has 1 unspecified atom stereocenters. The average Bonchev–Trinajstić information content (AvgIpc) is 2.41. The second kappa shape index (κ2) is 7.79.